The zero-order chi connectivity index (χ0) is 33.4. The molecule has 3 fully saturated rings. The Labute approximate surface area is 272 Å². The van der Waals surface area contributed by atoms with Crippen LogP contribution in [0.5, 0.6) is 6.01 Å². The van der Waals surface area contributed by atoms with Gasteiger partial charge < -0.3 is 14.5 Å². The fraction of sp³-hybridized carbons (Fsp3) is 0.389. The highest BCUT2D eigenvalue weighted by atomic mass is 19.1. The summed E-state index contributed by atoms with van der Waals surface area (Å²) < 4.78 is 48.7. The number of benzene rings is 2. The number of fused-ring (bicyclic) bond motifs is 3. The Morgan fingerprint density at radius 2 is 2.00 bits per heavy atom. The highest BCUT2D eigenvalue weighted by molar-refractivity contribution is 6.02. The Bertz CT molecular complexity index is 1880. The number of terminal acetylenes is 1. The third-order valence-electron chi connectivity index (χ3n) is 9.68. The smallest absolute Gasteiger partial charge is 0.318 e. The van der Waals surface area contributed by atoms with E-state index >= 15 is 4.39 Å². The predicted molar refractivity (Wildman–Crippen MR) is 177 cm³/mol. The van der Waals surface area contributed by atoms with E-state index < -0.39 is 17.8 Å². The normalized spacial score (nSPS) is 22.1. The van der Waals surface area contributed by atoms with Gasteiger partial charge in [0.15, 0.2) is 5.82 Å². The predicted octanol–water partition coefficient (Wildman–Crippen LogP) is 5.92. The second-order valence-electron chi connectivity index (χ2n) is 12.3. The summed E-state index contributed by atoms with van der Waals surface area (Å²) >= 11 is 0. The number of amides is 1. The molecule has 4 atom stereocenters. The van der Waals surface area contributed by atoms with Crippen LogP contribution in [0.1, 0.15) is 38.2 Å². The number of carbonyl (C=O) groups is 1. The minimum absolute atomic E-state index is 0.00374. The summed E-state index contributed by atoms with van der Waals surface area (Å²) in [4.78, 5) is 31.4. The summed E-state index contributed by atoms with van der Waals surface area (Å²) in [6, 6.07) is 8.41. The van der Waals surface area contributed by atoms with Gasteiger partial charge in [-0.2, -0.15) is 9.97 Å². The Hall–Kier alpha value is -4.69. The molecule has 0 spiro atoms. The summed E-state index contributed by atoms with van der Waals surface area (Å²) in [6.45, 7) is 7.96. The van der Waals surface area contributed by atoms with Crippen molar-refractivity contribution < 1.29 is 22.7 Å². The number of ether oxygens (including phenoxy) is 1. The standard InChI is InChI=1S/C29H25F2N5O2.C7H12FN/c1-6-18-21(30)12-11-17-9-8-10-19(24(17)18)26-25(31)27-20(15-32-26)28(34-29(33-27)38-5)35(4)22-13-14-36(16(22)3)23(37)7-2;8-6-4-7-2-1-3-9(7)5-6/h1,7-12,15-16,22H,2,13-14H2,3-5H3;6-7H,1-5H2/t16-,22-;/m1./s1. The van der Waals surface area contributed by atoms with Gasteiger partial charge in [-0.15, -0.1) is 6.42 Å². The van der Waals surface area contributed by atoms with E-state index in [4.69, 9.17) is 11.2 Å². The number of nitrogens with zero attached hydrogens (tertiary/aromatic N) is 6. The minimum Gasteiger partial charge on any atom is -0.467 e. The number of alkyl halides is 1. The molecule has 3 saturated heterocycles. The summed E-state index contributed by atoms with van der Waals surface area (Å²) in [6.07, 6.45) is 11.9. The molecule has 7 rings (SSSR count). The maximum absolute atomic E-state index is 16.2. The summed E-state index contributed by atoms with van der Waals surface area (Å²) in [5.41, 5.74) is 0.374. The van der Waals surface area contributed by atoms with E-state index in [1.165, 1.54) is 38.3 Å². The van der Waals surface area contributed by atoms with Crippen LogP contribution >= 0.6 is 0 Å². The first-order chi connectivity index (χ1) is 22.7. The number of hydrogen-bond acceptors (Lipinski definition) is 7. The van der Waals surface area contributed by atoms with Crippen molar-refractivity contribution in [2.45, 2.75) is 56.9 Å². The lowest BCUT2D eigenvalue weighted by molar-refractivity contribution is -0.126. The molecule has 3 aliphatic rings. The molecule has 47 heavy (non-hydrogen) atoms. The number of likely N-dealkylation sites (tertiary alicyclic amines) is 1. The van der Waals surface area contributed by atoms with Crippen molar-refractivity contribution in [2.24, 2.45) is 0 Å². The first kappa shape index (κ1) is 32.3. The largest absolute Gasteiger partial charge is 0.467 e. The van der Waals surface area contributed by atoms with Gasteiger partial charge in [0.1, 0.15) is 29.0 Å². The van der Waals surface area contributed by atoms with E-state index in [1.807, 2.05) is 18.9 Å². The molecule has 0 saturated carbocycles. The zero-order valence-electron chi connectivity index (χ0n) is 26.7. The molecular weight excluding hydrogens is 605 g/mol. The van der Waals surface area contributed by atoms with Crippen LogP contribution in [0, 0.1) is 24.0 Å². The Balaban J connectivity index is 0.000000366. The van der Waals surface area contributed by atoms with Crippen molar-refractivity contribution in [2.75, 3.05) is 38.7 Å². The van der Waals surface area contributed by atoms with Gasteiger partial charge >= 0.3 is 6.01 Å². The second kappa shape index (κ2) is 13.2. The molecule has 3 aliphatic heterocycles. The van der Waals surface area contributed by atoms with Crippen LogP contribution in [0.3, 0.4) is 0 Å². The van der Waals surface area contributed by atoms with Gasteiger partial charge in [-0.3, -0.25) is 14.7 Å². The van der Waals surface area contributed by atoms with Gasteiger partial charge in [0.25, 0.3) is 0 Å². The zero-order valence-corrected chi connectivity index (χ0v) is 26.7. The number of pyridine rings is 1. The van der Waals surface area contributed by atoms with Gasteiger partial charge in [0, 0.05) is 49.4 Å². The monoisotopic (exact) mass is 642 g/mol. The number of anilines is 1. The van der Waals surface area contributed by atoms with E-state index in [0.717, 1.165) is 13.0 Å². The molecule has 244 valence electrons. The maximum atomic E-state index is 16.2. The second-order valence-corrected chi connectivity index (χ2v) is 12.3. The molecular formula is C36H37F3N6O2. The lowest BCUT2D eigenvalue weighted by Crippen LogP contribution is -2.43. The van der Waals surface area contributed by atoms with Gasteiger partial charge in [-0.05, 0) is 56.7 Å². The molecule has 0 bridgehead atoms. The van der Waals surface area contributed by atoms with E-state index in [-0.39, 0.29) is 40.8 Å². The molecule has 4 aromatic rings. The van der Waals surface area contributed by atoms with Crippen LogP contribution in [0.4, 0.5) is 19.0 Å². The number of rotatable bonds is 5. The number of halogens is 3. The first-order valence-electron chi connectivity index (χ1n) is 15.8. The van der Waals surface area contributed by atoms with Crippen molar-refractivity contribution in [3.63, 3.8) is 0 Å². The van der Waals surface area contributed by atoms with Crippen LogP contribution in [0.2, 0.25) is 0 Å². The summed E-state index contributed by atoms with van der Waals surface area (Å²) in [5, 5.41) is 1.43. The minimum atomic E-state index is -0.708. The van der Waals surface area contributed by atoms with Crippen molar-refractivity contribution in [1.29, 1.82) is 0 Å². The Morgan fingerprint density at radius 3 is 2.72 bits per heavy atom. The Kier molecular flexibility index (Phi) is 9.06. The first-order valence-corrected chi connectivity index (χ1v) is 15.8. The van der Waals surface area contributed by atoms with Crippen LogP contribution < -0.4 is 9.64 Å². The van der Waals surface area contributed by atoms with E-state index in [1.54, 1.807) is 29.2 Å². The average molecular weight is 643 g/mol. The Morgan fingerprint density at radius 1 is 1.19 bits per heavy atom. The molecule has 2 unspecified atom stereocenters. The quantitative estimate of drug-likeness (QED) is 0.198. The summed E-state index contributed by atoms with van der Waals surface area (Å²) in [7, 11) is 3.24. The third kappa shape index (κ3) is 5.87. The third-order valence-corrected chi connectivity index (χ3v) is 9.68. The molecule has 1 amide bonds. The number of hydrogen-bond donors (Lipinski definition) is 0. The average Bonchev–Trinajstić information content (AvgIpc) is 3.78. The molecule has 8 nitrogen and oxygen atoms in total. The lowest BCUT2D eigenvalue weighted by atomic mass is 9.96. The van der Waals surface area contributed by atoms with Crippen LogP contribution in [0.15, 0.2) is 49.2 Å². The number of aromatic nitrogens is 3. The van der Waals surface area contributed by atoms with Crippen molar-refractivity contribution in [3.8, 4) is 29.6 Å². The van der Waals surface area contributed by atoms with Gasteiger partial charge in [0.2, 0.25) is 5.91 Å². The van der Waals surface area contributed by atoms with E-state index in [9.17, 15) is 13.6 Å². The highest BCUT2D eigenvalue weighted by Gasteiger charge is 2.37. The van der Waals surface area contributed by atoms with E-state index in [2.05, 4.69) is 32.4 Å². The van der Waals surface area contributed by atoms with Crippen molar-refractivity contribution in [3.05, 3.63) is 66.4 Å². The lowest BCUT2D eigenvalue weighted by Gasteiger charge is -2.31. The fourth-order valence-electron chi connectivity index (χ4n) is 7.31. The van der Waals surface area contributed by atoms with Gasteiger partial charge in [-0.1, -0.05) is 36.8 Å². The molecule has 0 N–H and O–H groups in total. The molecule has 2 aromatic heterocycles. The molecule has 0 aliphatic carbocycles. The van der Waals surface area contributed by atoms with Crippen LogP contribution in [0.25, 0.3) is 32.9 Å². The van der Waals surface area contributed by atoms with E-state index in [0.29, 0.717) is 53.1 Å². The summed E-state index contributed by atoms with van der Waals surface area (Å²) in [5.74, 6) is 1.38. The van der Waals surface area contributed by atoms with Crippen molar-refractivity contribution >= 4 is 33.4 Å². The van der Waals surface area contributed by atoms with Gasteiger partial charge in [-0.25, -0.2) is 13.2 Å². The fourth-order valence-corrected chi connectivity index (χ4v) is 7.31. The molecule has 0 radical (unpaired) electrons. The number of carbonyl (C=O) groups excluding carboxylic acids is 1. The highest BCUT2D eigenvalue weighted by Crippen LogP contribution is 2.37. The molecule has 5 heterocycles. The number of methoxy groups -OCH3 is 1. The van der Waals surface area contributed by atoms with Crippen molar-refractivity contribution in [1.82, 2.24) is 24.8 Å². The van der Waals surface area contributed by atoms with Crippen LogP contribution in [-0.2, 0) is 4.79 Å². The SMILES string of the molecule is C#Cc1c(F)ccc2cccc(-c3ncc4c(N(C)[C@@H]5CCN(C(=O)C=C)[C@@H]5C)nc(OC)nc4c3F)c12.FC1CC2CCCN2C1. The molecule has 2 aromatic carbocycles. The van der Waals surface area contributed by atoms with Crippen LogP contribution in [-0.4, -0.2) is 88.7 Å². The van der Waals surface area contributed by atoms with Gasteiger partial charge in [0.05, 0.1) is 24.1 Å². The number of likely N-dealkylation sites (N-methyl/N-ethyl adjacent to an activating group) is 1. The molecule has 11 heteroatoms. The maximum Gasteiger partial charge on any atom is 0.318 e. The topological polar surface area (TPSA) is 74.7 Å².